The van der Waals surface area contributed by atoms with Crippen LogP contribution in [0.2, 0.25) is 5.02 Å². The first-order chi connectivity index (χ1) is 16.3. The van der Waals surface area contributed by atoms with Crippen molar-refractivity contribution in [1.82, 2.24) is 9.97 Å². The fraction of sp³-hybridized carbons (Fsp3) is 0.150. The minimum absolute atomic E-state index is 0.363. The second kappa shape index (κ2) is 10.3. The van der Waals surface area contributed by atoms with E-state index in [0.29, 0.717) is 41.0 Å². The lowest BCUT2D eigenvalue weighted by Gasteiger charge is -2.14. The van der Waals surface area contributed by atoms with Gasteiger partial charge in [-0.2, -0.15) is 26.6 Å². The number of carboxylic acids is 1. The van der Waals surface area contributed by atoms with Gasteiger partial charge in [0.15, 0.2) is 5.82 Å². The molecule has 0 unspecified atom stereocenters. The molecule has 1 aliphatic heterocycles. The molecule has 1 aliphatic rings. The first-order valence-corrected chi connectivity index (χ1v) is 11.6. The number of hydrogen-bond donors (Lipinski definition) is 5. The number of alkyl halides is 3. The maximum Gasteiger partial charge on any atom is 0.490 e. The molecular weight excluding hydrogens is 513 g/mol. The Hall–Kier alpha value is -3.62. The zero-order chi connectivity index (χ0) is 25.8. The SMILES string of the molecule is NS(=O)(=O)Nc1ccc2cc1CCc1cccc(c1)Nc1ncc(Cl)c(n1)N2.O=C(O)C(F)(F)F. The molecule has 0 saturated heterocycles. The number of halogens is 4. The van der Waals surface area contributed by atoms with Crippen LogP contribution in [-0.4, -0.2) is 35.6 Å². The number of nitrogens with zero attached hydrogens (tertiary/aromatic N) is 2. The summed E-state index contributed by atoms with van der Waals surface area (Å²) in [5.41, 5.74) is 3.87. The topological polar surface area (TPSA) is 159 Å². The van der Waals surface area contributed by atoms with E-state index < -0.39 is 22.4 Å². The predicted molar refractivity (Wildman–Crippen MR) is 124 cm³/mol. The normalized spacial score (nSPS) is 12.8. The van der Waals surface area contributed by atoms with E-state index in [1.54, 1.807) is 12.1 Å². The monoisotopic (exact) mass is 530 g/mol. The Kier molecular flexibility index (Phi) is 7.67. The van der Waals surface area contributed by atoms with Crippen LogP contribution in [0.1, 0.15) is 11.1 Å². The van der Waals surface area contributed by atoms with Gasteiger partial charge in [-0.15, -0.1) is 0 Å². The van der Waals surface area contributed by atoms with Crippen LogP contribution in [0, 0.1) is 0 Å². The number of benzene rings is 2. The van der Waals surface area contributed by atoms with Gasteiger partial charge in [-0.25, -0.2) is 14.9 Å². The maximum absolute atomic E-state index is 11.5. The Labute approximate surface area is 202 Å². The number of aryl methyl sites for hydroxylation is 2. The van der Waals surface area contributed by atoms with Crippen LogP contribution in [0.5, 0.6) is 0 Å². The van der Waals surface area contributed by atoms with Gasteiger partial charge in [-0.05, 0) is 54.3 Å². The van der Waals surface area contributed by atoms with E-state index in [1.807, 2.05) is 30.3 Å². The molecule has 10 nitrogen and oxygen atoms in total. The van der Waals surface area contributed by atoms with E-state index in [-0.39, 0.29) is 0 Å². The van der Waals surface area contributed by atoms with Gasteiger partial charge < -0.3 is 15.7 Å². The van der Waals surface area contributed by atoms with Gasteiger partial charge in [-0.1, -0.05) is 23.7 Å². The van der Waals surface area contributed by atoms with Crippen LogP contribution < -0.4 is 20.5 Å². The Morgan fingerprint density at radius 3 is 2.46 bits per heavy atom. The largest absolute Gasteiger partial charge is 0.490 e. The molecule has 2 heterocycles. The molecule has 0 radical (unpaired) electrons. The first-order valence-electron chi connectivity index (χ1n) is 9.69. The van der Waals surface area contributed by atoms with Crippen LogP contribution in [0.15, 0.2) is 48.7 Å². The summed E-state index contributed by atoms with van der Waals surface area (Å²) in [5.74, 6) is -1.91. The third-order valence-corrected chi connectivity index (χ3v) is 5.25. The summed E-state index contributed by atoms with van der Waals surface area (Å²) in [7, 11) is -3.88. The molecule has 3 aromatic rings. The van der Waals surface area contributed by atoms with Crippen molar-refractivity contribution in [2.45, 2.75) is 19.0 Å². The van der Waals surface area contributed by atoms with Crippen molar-refractivity contribution in [3.63, 3.8) is 0 Å². The van der Waals surface area contributed by atoms with Gasteiger partial charge >= 0.3 is 12.1 Å². The third kappa shape index (κ3) is 7.70. The van der Waals surface area contributed by atoms with E-state index in [0.717, 1.165) is 16.8 Å². The molecule has 0 aliphatic carbocycles. The van der Waals surface area contributed by atoms with Gasteiger partial charge in [-0.3, -0.25) is 4.72 Å². The number of nitrogens with one attached hydrogen (secondary N) is 3. The first kappa shape index (κ1) is 26.0. The number of hydrogen-bond acceptors (Lipinski definition) is 7. The molecule has 0 fully saturated rings. The number of anilines is 5. The molecular formula is C20H18ClF3N6O4S. The number of carbonyl (C=O) groups is 1. The van der Waals surface area contributed by atoms with Crippen molar-refractivity contribution in [2.75, 3.05) is 15.4 Å². The zero-order valence-corrected chi connectivity index (χ0v) is 19.2. The standard InChI is InChI=1S/C18H17ClN6O2S.C2HF3O2/c19-15-10-21-18-23-13-3-1-2-11(8-13)4-5-12-9-14(22-17(15)24-18)6-7-16(12)25-28(20,26)27;3-2(4,5)1(6)7/h1-3,6-10,25H,4-5H2,(H2,20,26,27)(H2,21,22,23,24);(H,6,7). The lowest BCUT2D eigenvalue weighted by molar-refractivity contribution is -0.192. The maximum atomic E-state index is 11.5. The van der Waals surface area contributed by atoms with Gasteiger partial charge in [0.05, 0.1) is 11.9 Å². The van der Waals surface area contributed by atoms with Crippen LogP contribution in [0.3, 0.4) is 0 Å². The smallest absolute Gasteiger partial charge is 0.475 e. The summed E-state index contributed by atoms with van der Waals surface area (Å²) in [6.45, 7) is 0. The highest BCUT2D eigenvalue weighted by Crippen LogP contribution is 2.29. The summed E-state index contributed by atoms with van der Waals surface area (Å²) >= 11 is 6.23. The van der Waals surface area contributed by atoms with E-state index in [2.05, 4.69) is 25.3 Å². The van der Waals surface area contributed by atoms with E-state index in [4.69, 9.17) is 26.6 Å². The lowest BCUT2D eigenvalue weighted by atomic mass is 10.0. The molecule has 1 aromatic heterocycles. The average molecular weight is 531 g/mol. The minimum Gasteiger partial charge on any atom is -0.475 e. The van der Waals surface area contributed by atoms with Crippen LogP contribution in [-0.2, 0) is 27.8 Å². The van der Waals surface area contributed by atoms with Gasteiger partial charge in [0, 0.05) is 11.4 Å². The zero-order valence-electron chi connectivity index (χ0n) is 17.6. The molecule has 0 atom stereocenters. The van der Waals surface area contributed by atoms with Crippen molar-refractivity contribution >= 4 is 56.6 Å². The highest BCUT2D eigenvalue weighted by molar-refractivity contribution is 7.90. The molecule has 0 saturated carbocycles. The van der Waals surface area contributed by atoms with Crippen molar-refractivity contribution in [2.24, 2.45) is 5.14 Å². The second-order valence-corrected chi connectivity index (χ2v) is 8.86. The van der Waals surface area contributed by atoms with Crippen LogP contribution in [0.25, 0.3) is 0 Å². The number of nitrogens with two attached hydrogens (primary N) is 1. The quantitative estimate of drug-likeness (QED) is 0.333. The fourth-order valence-corrected chi connectivity index (χ4v) is 3.64. The Morgan fingerprint density at radius 1 is 1.11 bits per heavy atom. The number of aromatic nitrogens is 2. The Balaban J connectivity index is 0.000000429. The van der Waals surface area contributed by atoms with E-state index in [9.17, 15) is 21.6 Å². The third-order valence-electron chi connectivity index (χ3n) is 4.47. The van der Waals surface area contributed by atoms with Crippen molar-refractivity contribution in [3.8, 4) is 0 Å². The molecule has 4 rings (SSSR count). The second-order valence-electron chi connectivity index (χ2n) is 7.16. The Morgan fingerprint density at radius 2 is 1.80 bits per heavy atom. The molecule has 15 heteroatoms. The van der Waals surface area contributed by atoms with Gasteiger partial charge in [0.2, 0.25) is 5.95 Å². The minimum atomic E-state index is -5.08. The molecule has 6 bridgehead atoms. The summed E-state index contributed by atoms with van der Waals surface area (Å²) < 4.78 is 57.1. The van der Waals surface area contributed by atoms with Crippen LogP contribution >= 0.6 is 11.6 Å². The molecule has 0 amide bonds. The van der Waals surface area contributed by atoms with Crippen molar-refractivity contribution in [1.29, 1.82) is 0 Å². The number of aliphatic carboxylic acids is 1. The highest BCUT2D eigenvalue weighted by Gasteiger charge is 2.38. The summed E-state index contributed by atoms with van der Waals surface area (Å²) in [6, 6.07) is 13.1. The van der Waals surface area contributed by atoms with Crippen LogP contribution in [0.4, 0.5) is 42.0 Å². The highest BCUT2D eigenvalue weighted by atomic mass is 35.5. The molecule has 2 aromatic carbocycles. The molecule has 35 heavy (non-hydrogen) atoms. The van der Waals surface area contributed by atoms with Gasteiger partial charge in [0.25, 0.3) is 10.2 Å². The number of carboxylic acid groups (broad SMARTS) is 1. The predicted octanol–water partition coefficient (Wildman–Crippen LogP) is 3.96. The summed E-state index contributed by atoms with van der Waals surface area (Å²) in [4.78, 5) is 17.5. The number of rotatable bonds is 2. The Bertz CT molecular complexity index is 1350. The van der Waals surface area contributed by atoms with Crippen molar-refractivity contribution in [3.05, 3.63) is 64.8 Å². The average Bonchev–Trinajstić information content (AvgIpc) is 2.75. The fourth-order valence-electron chi connectivity index (χ4n) is 3.00. The summed E-state index contributed by atoms with van der Waals surface area (Å²) in [5, 5.41) is 19.0. The molecule has 186 valence electrons. The van der Waals surface area contributed by atoms with Crippen molar-refractivity contribution < 1.29 is 31.5 Å². The van der Waals surface area contributed by atoms with E-state index >= 15 is 0 Å². The molecule has 6 N–H and O–H groups in total. The van der Waals surface area contributed by atoms with E-state index in [1.165, 1.54) is 6.20 Å². The molecule has 0 spiro atoms. The summed E-state index contributed by atoms with van der Waals surface area (Å²) in [6.07, 6.45) is -2.26. The lowest BCUT2D eigenvalue weighted by Crippen LogP contribution is -2.22. The number of fused-ring (bicyclic) bond motifs is 6. The van der Waals surface area contributed by atoms with Gasteiger partial charge in [0.1, 0.15) is 5.02 Å².